The lowest BCUT2D eigenvalue weighted by Crippen LogP contribution is -2.41. The Labute approximate surface area is 241 Å². The van der Waals surface area contributed by atoms with E-state index in [4.69, 9.17) is 14.2 Å². The number of alkyl halides is 3. The number of benzene rings is 2. The molecule has 0 N–H and O–H groups in total. The van der Waals surface area contributed by atoms with Crippen LogP contribution in [0.25, 0.3) is 22.4 Å². The van der Waals surface area contributed by atoms with Gasteiger partial charge in [-0.05, 0) is 60.9 Å². The first-order valence-corrected chi connectivity index (χ1v) is 14.5. The molecule has 0 amide bonds. The highest BCUT2D eigenvalue weighted by Crippen LogP contribution is 2.28. The average Bonchev–Trinajstić information content (AvgIpc) is 2.97. The number of rotatable bonds is 17. The van der Waals surface area contributed by atoms with Crippen molar-refractivity contribution in [1.82, 2.24) is 4.98 Å². The van der Waals surface area contributed by atoms with Crippen LogP contribution in [-0.2, 0) is 9.53 Å². The molecular weight excluding hydrogens is 531 g/mol. The Morgan fingerprint density at radius 1 is 0.707 bits per heavy atom. The van der Waals surface area contributed by atoms with Gasteiger partial charge in [-0.3, -0.25) is 4.98 Å². The smallest absolute Gasteiger partial charge is 0.425 e. The average molecular weight is 572 g/mol. The number of hydrogen-bond acceptors (Lipinski definition) is 5. The maximum Gasteiger partial charge on any atom is 0.425 e. The molecule has 5 nitrogen and oxygen atoms in total. The zero-order valence-corrected chi connectivity index (χ0v) is 23.9. The zero-order valence-electron chi connectivity index (χ0n) is 23.9. The first-order chi connectivity index (χ1) is 19.8. The van der Waals surface area contributed by atoms with E-state index in [2.05, 4.69) is 11.9 Å². The molecular formula is C33H40F3NO4. The number of aromatic nitrogens is 1. The molecule has 0 bridgehead atoms. The van der Waals surface area contributed by atoms with Crippen molar-refractivity contribution in [3.05, 3.63) is 66.9 Å². The SMILES string of the molecule is CCCCCCCCCOc1ccc(-c2ccc(-c3ccc(OC(=O)C(OCCCC)C(F)(F)F)cc3)cn2)cc1. The first-order valence-electron chi connectivity index (χ1n) is 14.5. The van der Waals surface area contributed by atoms with E-state index in [1.54, 1.807) is 18.3 Å². The fraction of sp³-hybridized carbons (Fsp3) is 0.455. The van der Waals surface area contributed by atoms with Gasteiger partial charge in [0.25, 0.3) is 6.10 Å². The predicted molar refractivity (Wildman–Crippen MR) is 155 cm³/mol. The van der Waals surface area contributed by atoms with E-state index < -0.39 is 18.2 Å². The van der Waals surface area contributed by atoms with Crippen LogP contribution in [0.1, 0.15) is 71.6 Å². The third kappa shape index (κ3) is 10.8. The minimum atomic E-state index is -4.85. The van der Waals surface area contributed by atoms with Crippen LogP contribution in [0.3, 0.4) is 0 Å². The Kier molecular flexibility index (Phi) is 13.1. The Balaban J connectivity index is 1.51. The van der Waals surface area contributed by atoms with Crippen LogP contribution in [0.5, 0.6) is 11.5 Å². The van der Waals surface area contributed by atoms with Gasteiger partial charge in [-0.1, -0.05) is 77.0 Å². The van der Waals surface area contributed by atoms with Gasteiger partial charge in [0.05, 0.1) is 12.3 Å². The molecule has 2 aromatic carbocycles. The predicted octanol–water partition coefficient (Wildman–Crippen LogP) is 9.20. The molecule has 0 spiro atoms. The van der Waals surface area contributed by atoms with E-state index in [0.717, 1.165) is 34.6 Å². The molecule has 0 aliphatic carbocycles. The van der Waals surface area contributed by atoms with Crippen molar-refractivity contribution in [1.29, 1.82) is 0 Å². The highest BCUT2D eigenvalue weighted by molar-refractivity contribution is 5.78. The summed E-state index contributed by atoms with van der Waals surface area (Å²) < 4.78 is 55.3. The molecule has 222 valence electrons. The summed E-state index contributed by atoms with van der Waals surface area (Å²) in [6.45, 7) is 4.59. The van der Waals surface area contributed by atoms with Gasteiger partial charge in [-0.25, -0.2) is 4.79 Å². The molecule has 1 unspecified atom stereocenters. The van der Waals surface area contributed by atoms with Gasteiger partial charge < -0.3 is 14.2 Å². The number of unbranched alkanes of at least 4 members (excludes halogenated alkanes) is 7. The van der Waals surface area contributed by atoms with Crippen LogP contribution in [0.15, 0.2) is 66.9 Å². The van der Waals surface area contributed by atoms with Crippen LogP contribution in [0.4, 0.5) is 13.2 Å². The molecule has 8 heteroatoms. The van der Waals surface area contributed by atoms with E-state index in [1.807, 2.05) is 43.3 Å². The number of ether oxygens (including phenoxy) is 3. The molecule has 0 fully saturated rings. The summed E-state index contributed by atoms with van der Waals surface area (Å²) in [7, 11) is 0. The van der Waals surface area contributed by atoms with Crippen molar-refractivity contribution in [3.8, 4) is 33.9 Å². The summed E-state index contributed by atoms with van der Waals surface area (Å²) in [6.07, 6.45) is 4.05. The lowest BCUT2D eigenvalue weighted by Gasteiger charge is -2.19. The summed E-state index contributed by atoms with van der Waals surface area (Å²) in [4.78, 5) is 16.7. The Hall–Kier alpha value is -3.39. The topological polar surface area (TPSA) is 57.7 Å². The van der Waals surface area contributed by atoms with Crippen molar-refractivity contribution in [3.63, 3.8) is 0 Å². The van der Waals surface area contributed by atoms with Crippen LogP contribution >= 0.6 is 0 Å². The Bertz CT molecular complexity index is 1160. The molecule has 41 heavy (non-hydrogen) atoms. The monoisotopic (exact) mass is 571 g/mol. The number of hydrogen-bond donors (Lipinski definition) is 0. The third-order valence-electron chi connectivity index (χ3n) is 6.63. The third-order valence-corrected chi connectivity index (χ3v) is 6.63. The summed E-state index contributed by atoms with van der Waals surface area (Å²) in [5.41, 5.74) is 3.36. The normalized spacial score (nSPS) is 12.2. The molecule has 0 aliphatic rings. The van der Waals surface area contributed by atoms with Crippen LogP contribution in [-0.4, -0.2) is 36.4 Å². The number of halogens is 3. The van der Waals surface area contributed by atoms with Gasteiger partial charge in [0.15, 0.2) is 0 Å². The molecule has 3 aromatic rings. The maximum atomic E-state index is 13.2. The van der Waals surface area contributed by atoms with Crippen LogP contribution in [0.2, 0.25) is 0 Å². The van der Waals surface area contributed by atoms with Gasteiger partial charge in [-0.2, -0.15) is 13.2 Å². The number of nitrogens with zero attached hydrogens (tertiary/aromatic N) is 1. The standard InChI is InChI=1S/C33H40F3NO4/c1-3-5-7-8-9-10-11-23-39-28-17-14-26(15-18-28)30-21-16-27(24-37-30)25-12-19-29(20-13-25)41-32(38)31(33(34,35)36)40-22-6-4-2/h12-21,24,31H,3-11,22-23H2,1-2H3. The number of carbonyl (C=O) groups is 1. The lowest BCUT2D eigenvalue weighted by atomic mass is 10.1. The fourth-order valence-corrected chi connectivity index (χ4v) is 4.23. The summed E-state index contributed by atoms with van der Waals surface area (Å²) in [5.74, 6) is -0.640. The molecule has 0 saturated carbocycles. The highest BCUT2D eigenvalue weighted by Gasteiger charge is 2.47. The summed E-state index contributed by atoms with van der Waals surface area (Å²) >= 11 is 0. The molecule has 0 aliphatic heterocycles. The molecule has 1 heterocycles. The van der Waals surface area contributed by atoms with Gasteiger partial charge in [0.2, 0.25) is 0 Å². The number of esters is 1. The molecule has 1 aromatic heterocycles. The lowest BCUT2D eigenvalue weighted by molar-refractivity contribution is -0.225. The first kappa shape index (κ1) is 32.1. The number of pyridine rings is 1. The second-order valence-electron chi connectivity index (χ2n) is 10.0. The molecule has 3 rings (SSSR count). The second kappa shape index (κ2) is 16.8. The minimum Gasteiger partial charge on any atom is -0.494 e. The van der Waals surface area contributed by atoms with Crippen molar-refractivity contribution in [2.45, 2.75) is 83.9 Å². The summed E-state index contributed by atoms with van der Waals surface area (Å²) in [6, 6.07) is 17.9. The van der Waals surface area contributed by atoms with E-state index >= 15 is 0 Å². The maximum absolute atomic E-state index is 13.2. The van der Waals surface area contributed by atoms with Crippen molar-refractivity contribution in [2.75, 3.05) is 13.2 Å². The van der Waals surface area contributed by atoms with Gasteiger partial charge in [0.1, 0.15) is 11.5 Å². The van der Waals surface area contributed by atoms with E-state index in [1.165, 1.54) is 50.7 Å². The minimum absolute atomic E-state index is 0.00551. The summed E-state index contributed by atoms with van der Waals surface area (Å²) in [5, 5.41) is 0. The van der Waals surface area contributed by atoms with Gasteiger partial charge >= 0.3 is 12.1 Å². The van der Waals surface area contributed by atoms with Gasteiger partial charge in [-0.15, -0.1) is 0 Å². The van der Waals surface area contributed by atoms with Crippen LogP contribution < -0.4 is 9.47 Å². The van der Waals surface area contributed by atoms with Crippen molar-refractivity contribution >= 4 is 5.97 Å². The van der Waals surface area contributed by atoms with Crippen molar-refractivity contribution in [2.24, 2.45) is 0 Å². The quantitative estimate of drug-likeness (QED) is 0.0918. The molecule has 0 saturated heterocycles. The highest BCUT2D eigenvalue weighted by atomic mass is 19.4. The molecule has 1 atom stereocenters. The van der Waals surface area contributed by atoms with E-state index in [9.17, 15) is 18.0 Å². The van der Waals surface area contributed by atoms with E-state index in [-0.39, 0.29) is 12.4 Å². The zero-order chi connectivity index (χ0) is 29.5. The number of carbonyl (C=O) groups excluding carboxylic acids is 1. The van der Waals surface area contributed by atoms with Crippen LogP contribution in [0, 0.1) is 0 Å². The van der Waals surface area contributed by atoms with Gasteiger partial charge in [0, 0.05) is 23.9 Å². The Morgan fingerprint density at radius 2 is 1.29 bits per heavy atom. The fourth-order valence-electron chi connectivity index (χ4n) is 4.23. The van der Waals surface area contributed by atoms with Crippen molar-refractivity contribution < 1.29 is 32.2 Å². The largest absolute Gasteiger partial charge is 0.494 e. The molecule has 0 radical (unpaired) electrons. The second-order valence-corrected chi connectivity index (χ2v) is 10.0. The van der Waals surface area contributed by atoms with E-state index in [0.29, 0.717) is 19.4 Å². The Morgan fingerprint density at radius 3 is 1.90 bits per heavy atom.